The Hall–Kier alpha value is -3.83. The molecule has 0 saturated heterocycles. The van der Waals surface area contributed by atoms with Crippen LogP contribution in [0.1, 0.15) is 28.3 Å². The molecule has 1 aliphatic rings. The third kappa shape index (κ3) is 4.22. The second-order valence-corrected chi connectivity index (χ2v) is 8.50. The number of carbonyl (C=O) groups is 1. The average molecular weight is 470 g/mol. The second kappa shape index (κ2) is 9.57. The Labute approximate surface area is 203 Å². The highest BCUT2D eigenvalue weighted by Gasteiger charge is 2.28. The maximum absolute atomic E-state index is 12.3. The third-order valence-corrected chi connectivity index (χ3v) is 6.40. The zero-order chi connectivity index (χ0) is 23.5. The fourth-order valence-corrected chi connectivity index (χ4v) is 4.74. The number of hydrogen-bond donors (Lipinski definition) is 1. The van der Waals surface area contributed by atoms with Gasteiger partial charge in [0.1, 0.15) is 11.8 Å². The number of aromatic nitrogens is 2. The lowest BCUT2D eigenvalue weighted by Gasteiger charge is -2.14. The fraction of sp³-hybridized carbons (Fsp3) is 0.143. The van der Waals surface area contributed by atoms with E-state index >= 15 is 0 Å². The largest absolute Gasteiger partial charge is 0.449 e. The Morgan fingerprint density at radius 1 is 1.00 bits per heavy atom. The number of nitrogens with one attached hydrogen (secondary N) is 1. The van der Waals surface area contributed by atoms with Crippen LogP contribution in [0, 0.1) is 6.92 Å². The number of halogens is 1. The molecule has 5 rings (SSSR count). The van der Waals surface area contributed by atoms with Gasteiger partial charge in [-0.25, -0.2) is 9.48 Å². The summed E-state index contributed by atoms with van der Waals surface area (Å²) in [7, 11) is 0. The van der Waals surface area contributed by atoms with E-state index < -0.39 is 6.09 Å². The molecule has 0 fully saturated rings. The van der Waals surface area contributed by atoms with Gasteiger partial charge in [-0.2, -0.15) is 5.10 Å². The van der Waals surface area contributed by atoms with Crippen molar-refractivity contribution in [1.82, 2.24) is 15.1 Å². The molecule has 6 heteroatoms. The minimum atomic E-state index is -0.450. The number of fused-ring (bicyclic) bond motifs is 3. The van der Waals surface area contributed by atoms with E-state index in [9.17, 15) is 4.79 Å². The van der Waals surface area contributed by atoms with E-state index in [0.717, 1.165) is 16.9 Å². The predicted octanol–water partition coefficient (Wildman–Crippen LogP) is 6.39. The van der Waals surface area contributed by atoms with Crippen LogP contribution < -0.4 is 5.32 Å². The van der Waals surface area contributed by atoms with Crippen LogP contribution in [0.5, 0.6) is 0 Å². The predicted molar refractivity (Wildman–Crippen MR) is 135 cm³/mol. The molecule has 0 bridgehead atoms. The first-order valence-corrected chi connectivity index (χ1v) is 11.6. The summed E-state index contributed by atoms with van der Waals surface area (Å²) in [5, 5.41) is 7.84. The normalized spacial score (nSPS) is 12.5. The summed E-state index contributed by atoms with van der Waals surface area (Å²) in [5.74, 6) is 0.0407. The zero-order valence-electron chi connectivity index (χ0n) is 18.7. The number of benzene rings is 3. The Morgan fingerprint density at radius 2 is 1.62 bits per heavy atom. The fourth-order valence-electron chi connectivity index (χ4n) is 4.41. The van der Waals surface area contributed by atoms with Crippen molar-refractivity contribution in [2.45, 2.75) is 12.8 Å². The van der Waals surface area contributed by atoms with E-state index in [4.69, 9.17) is 16.3 Å². The second-order valence-electron chi connectivity index (χ2n) is 8.15. The Kier molecular flexibility index (Phi) is 6.19. The topological polar surface area (TPSA) is 56.2 Å². The van der Waals surface area contributed by atoms with Gasteiger partial charge in [-0.15, -0.1) is 0 Å². The maximum atomic E-state index is 12.3. The summed E-state index contributed by atoms with van der Waals surface area (Å²) < 4.78 is 7.28. The van der Waals surface area contributed by atoms with Crippen LogP contribution >= 0.6 is 11.6 Å². The molecule has 4 aromatic rings. The molecule has 5 nitrogen and oxygen atoms in total. The monoisotopic (exact) mass is 469 g/mol. The van der Waals surface area contributed by atoms with Crippen molar-refractivity contribution in [2.24, 2.45) is 0 Å². The molecular weight excluding hydrogens is 446 g/mol. The number of rotatable bonds is 6. The molecule has 0 spiro atoms. The van der Waals surface area contributed by atoms with Crippen LogP contribution in [-0.2, 0) is 4.74 Å². The van der Waals surface area contributed by atoms with Gasteiger partial charge in [0.25, 0.3) is 0 Å². The van der Waals surface area contributed by atoms with Gasteiger partial charge in [-0.05, 0) is 41.3 Å². The summed E-state index contributed by atoms with van der Waals surface area (Å²) in [6, 6.07) is 26.3. The van der Waals surface area contributed by atoms with Gasteiger partial charge in [-0.1, -0.05) is 90.5 Å². The molecular formula is C28H24ClN3O2. The van der Waals surface area contributed by atoms with Crippen LogP contribution in [0.2, 0.25) is 5.15 Å². The summed E-state index contributed by atoms with van der Waals surface area (Å²) in [6.07, 6.45) is 3.26. The number of para-hydroxylation sites is 1. The standard InChI is InChI=1S/C28H24ClN3O2/c1-19-21(27(29)32(31-19)20-10-3-2-4-11-20)16-9-17-30-28(33)34-18-26-24-14-7-5-12-22(24)23-13-6-8-15-25(23)26/h2-16,26H,17-18H2,1H3,(H,30,33). The van der Waals surface area contributed by atoms with Crippen LogP contribution in [0.4, 0.5) is 4.79 Å². The first-order chi connectivity index (χ1) is 16.6. The molecule has 0 unspecified atom stereocenters. The summed E-state index contributed by atoms with van der Waals surface area (Å²) in [4.78, 5) is 12.3. The molecule has 3 aromatic carbocycles. The Morgan fingerprint density at radius 3 is 2.29 bits per heavy atom. The first-order valence-electron chi connectivity index (χ1n) is 11.2. The summed E-state index contributed by atoms with van der Waals surface area (Å²) in [5.41, 5.74) is 7.32. The van der Waals surface area contributed by atoms with E-state index in [1.165, 1.54) is 22.3 Å². The molecule has 0 atom stereocenters. The lowest BCUT2D eigenvalue weighted by molar-refractivity contribution is 0.144. The lowest BCUT2D eigenvalue weighted by Crippen LogP contribution is -2.26. The van der Waals surface area contributed by atoms with Gasteiger partial charge in [0, 0.05) is 18.0 Å². The van der Waals surface area contributed by atoms with E-state index in [1.54, 1.807) is 4.68 Å². The summed E-state index contributed by atoms with van der Waals surface area (Å²) >= 11 is 6.55. The number of aryl methyl sites for hydroxylation is 1. The van der Waals surface area contributed by atoms with Gasteiger partial charge in [-0.3, -0.25) is 0 Å². The van der Waals surface area contributed by atoms with Gasteiger partial charge >= 0.3 is 6.09 Å². The molecule has 1 heterocycles. The number of carbonyl (C=O) groups excluding carboxylic acids is 1. The highest BCUT2D eigenvalue weighted by atomic mass is 35.5. The van der Waals surface area contributed by atoms with Crippen molar-refractivity contribution in [3.05, 3.63) is 112 Å². The van der Waals surface area contributed by atoms with Gasteiger partial charge in [0.15, 0.2) is 0 Å². The van der Waals surface area contributed by atoms with Crippen LogP contribution in [0.15, 0.2) is 84.9 Å². The molecule has 34 heavy (non-hydrogen) atoms. The first kappa shape index (κ1) is 22.0. The lowest BCUT2D eigenvalue weighted by atomic mass is 9.98. The van der Waals surface area contributed by atoms with E-state index in [2.05, 4.69) is 34.7 Å². The minimum Gasteiger partial charge on any atom is -0.449 e. The van der Waals surface area contributed by atoms with Crippen molar-refractivity contribution in [3.63, 3.8) is 0 Å². The van der Waals surface area contributed by atoms with E-state index in [1.807, 2.05) is 73.7 Å². The average Bonchev–Trinajstić information content (AvgIpc) is 3.34. The number of amides is 1. The van der Waals surface area contributed by atoms with Crippen molar-refractivity contribution < 1.29 is 9.53 Å². The molecule has 170 valence electrons. The van der Waals surface area contributed by atoms with E-state index in [0.29, 0.717) is 18.3 Å². The quantitative estimate of drug-likeness (QED) is 0.356. The number of nitrogens with zero attached hydrogens (tertiary/aromatic N) is 2. The van der Waals surface area contributed by atoms with Gasteiger partial charge in [0.2, 0.25) is 0 Å². The minimum absolute atomic E-state index is 0.0407. The molecule has 0 aliphatic heterocycles. The highest BCUT2D eigenvalue weighted by Crippen LogP contribution is 2.44. The molecule has 1 N–H and O–H groups in total. The van der Waals surface area contributed by atoms with Crippen molar-refractivity contribution in [3.8, 4) is 16.8 Å². The van der Waals surface area contributed by atoms with Crippen LogP contribution in [-0.4, -0.2) is 29.0 Å². The van der Waals surface area contributed by atoms with Gasteiger partial charge < -0.3 is 10.1 Å². The maximum Gasteiger partial charge on any atom is 0.407 e. The number of ether oxygens (including phenoxy) is 1. The van der Waals surface area contributed by atoms with Crippen molar-refractivity contribution in [1.29, 1.82) is 0 Å². The molecule has 1 aliphatic carbocycles. The zero-order valence-corrected chi connectivity index (χ0v) is 19.5. The van der Waals surface area contributed by atoms with E-state index in [-0.39, 0.29) is 5.92 Å². The van der Waals surface area contributed by atoms with Crippen molar-refractivity contribution in [2.75, 3.05) is 13.2 Å². The molecule has 0 radical (unpaired) electrons. The Bertz CT molecular complexity index is 1320. The smallest absolute Gasteiger partial charge is 0.407 e. The van der Waals surface area contributed by atoms with Crippen LogP contribution in [0.3, 0.4) is 0 Å². The molecule has 1 aromatic heterocycles. The number of hydrogen-bond acceptors (Lipinski definition) is 3. The third-order valence-electron chi connectivity index (χ3n) is 6.04. The summed E-state index contributed by atoms with van der Waals surface area (Å²) in [6.45, 7) is 2.52. The Balaban J connectivity index is 1.19. The molecule has 1 amide bonds. The highest BCUT2D eigenvalue weighted by molar-refractivity contribution is 6.31. The molecule has 0 saturated carbocycles. The SMILES string of the molecule is Cc1nn(-c2ccccc2)c(Cl)c1C=CCNC(=O)OCC1c2ccccc2-c2ccccc21. The van der Waals surface area contributed by atoms with Crippen molar-refractivity contribution >= 4 is 23.8 Å². The van der Waals surface area contributed by atoms with Gasteiger partial charge in [0.05, 0.1) is 11.4 Å². The van der Waals surface area contributed by atoms with Crippen LogP contribution in [0.25, 0.3) is 22.9 Å². The number of alkyl carbamates (subject to hydrolysis) is 1.